The number of methoxy groups -OCH3 is 1. The van der Waals surface area contributed by atoms with Crippen LogP contribution in [0.5, 0.6) is 0 Å². The predicted molar refractivity (Wildman–Crippen MR) is 113 cm³/mol. The van der Waals surface area contributed by atoms with Crippen LogP contribution >= 0.6 is 0 Å². The first kappa shape index (κ1) is 24.9. The van der Waals surface area contributed by atoms with Gasteiger partial charge in [0.2, 0.25) is 5.82 Å². The van der Waals surface area contributed by atoms with Gasteiger partial charge < -0.3 is 25.4 Å². The summed E-state index contributed by atoms with van der Waals surface area (Å²) in [5, 5.41) is 17.0. The molecule has 3 rings (SSSR count). The summed E-state index contributed by atoms with van der Waals surface area (Å²) in [7, 11) is 1.52. The molecule has 1 saturated heterocycles. The number of piperidine rings is 1. The van der Waals surface area contributed by atoms with Crippen molar-refractivity contribution in [1.82, 2.24) is 15.3 Å². The van der Waals surface area contributed by atoms with Gasteiger partial charge in [0.15, 0.2) is 11.6 Å². The van der Waals surface area contributed by atoms with Crippen molar-refractivity contribution in [2.45, 2.75) is 56.9 Å². The third kappa shape index (κ3) is 5.79. The molecule has 0 aromatic carbocycles. The van der Waals surface area contributed by atoms with Crippen molar-refractivity contribution in [3.8, 4) is 0 Å². The van der Waals surface area contributed by atoms with Crippen LogP contribution in [0.2, 0.25) is 0 Å². The zero-order chi connectivity index (χ0) is 23.4. The Morgan fingerprint density at radius 1 is 1.28 bits per heavy atom. The topological polar surface area (TPSA) is 82.5 Å². The Balaban J connectivity index is 1.64. The van der Waals surface area contributed by atoms with Crippen LogP contribution in [0.15, 0.2) is 6.33 Å². The van der Waals surface area contributed by atoms with E-state index in [4.69, 9.17) is 4.74 Å². The Morgan fingerprint density at radius 2 is 2.00 bits per heavy atom. The predicted octanol–water partition coefficient (Wildman–Crippen LogP) is 2.96. The Labute approximate surface area is 185 Å². The van der Waals surface area contributed by atoms with Crippen LogP contribution in [0, 0.1) is 17.7 Å². The Bertz CT molecular complexity index is 745. The summed E-state index contributed by atoms with van der Waals surface area (Å²) in [6.07, 6.45) is -1.75. The highest BCUT2D eigenvalue weighted by Gasteiger charge is 2.42. The van der Waals surface area contributed by atoms with Crippen LogP contribution in [0.25, 0.3) is 0 Å². The molecule has 0 amide bonds. The van der Waals surface area contributed by atoms with Crippen molar-refractivity contribution in [3.63, 3.8) is 0 Å². The van der Waals surface area contributed by atoms with Crippen molar-refractivity contribution in [1.29, 1.82) is 0 Å². The number of nitrogens with zero attached hydrogens (tertiary/aromatic N) is 3. The Kier molecular flexibility index (Phi) is 8.16. The maximum atomic E-state index is 15.2. The normalized spacial score (nSPS) is 29.0. The minimum absolute atomic E-state index is 0.0176. The summed E-state index contributed by atoms with van der Waals surface area (Å²) < 4.78 is 59.4. The molecule has 1 aromatic heterocycles. The largest absolute Gasteiger partial charge is 0.391 e. The number of rotatable bonds is 8. The van der Waals surface area contributed by atoms with Crippen LogP contribution in [0.1, 0.15) is 39.0 Å². The molecular weight excluding hydrogens is 430 g/mol. The maximum absolute atomic E-state index is 15.2. The summed E-state index contributed by atoms with van der Waals surface area (Å²) >= 11 is 0. The third-order valence-electron chi connectivity index (χ3n) is 6.75. The molecule has 2 heterocycles. The van der Waals surface area contributed by atoms with Crippen LogP contribution in [0.4, 0.5) is 29.2 Å². The second kappa shape index (κ2) is 10.5. The van der Waals surface area contributed by atoms with Crippen molar-refractivity contribution < 1.29 is 27.4 Å². The van der Waals surface area contributed by atoms with Gasteiger partial charge in [-0.1, -0.05) is 0 Å². The van der Waals surface area contributed by atoms with E-state index in [9.17, 15) is 18.3 Å². The standard InChI is InChI=1S/C21H33F4N5O2/c1-3-30(11-14-4-6-15(7-5-14)21(23,24)25)19-17(22)18(28-13-29-19)27-12-20(31)8-9-26-10-16(20)32-2/h13-16,26,31H,3-12H2,1-2H3,(H,27,28,29)/t14-,15-,16-,20-/m0/s1. The van der Waals surface area contributed by atoms with Gasteiger partial charge >= 0.3 is 6.18 Å². The lowest BCUT2D eigenvalue weighted by Gasteiger charge is -2.39. The summed E-state index contributed by atoms with van der Waals surface area (Å²) in [5.41, 5.74) is -1.17. The molecule has 2 fully saturated rings. The molecule has 2 atom stereocenters. The van der Waals surface area contributed by atoms with Crippen molar-refractivity contribution >= 4 is 11.6 Å². The molecule has 32 heavy (non-hydrogen) atoms. The number of halogens is 4. The maximum Gasteiger partial charge on any atom is 0.391 e. The third-order valence-corrected chi connectivity index (χ3v) is 6.75. The second-order valence-electron chi connectivity index (χ2n) is 8.79. The first-order chi connectivity index (χ1) is 15.2. The minimum Gasteiger partial charge on any atom is -0.385 e. The smallest absolute Gasteiger partial charge is 0.385 e. The van der Waals surface area contributed by atoms with E-state index in [1.165, 1.54) is 13.4 Å². The molecule has 7 nitrogen and oxygen atoms in total. The zero-order valence-corrected chi connectivity index (χ0v) is 18.6. The number of aliphatic hydroxyl groups is 1. The number of alkyl halides is 3. The van der Waals surface area contributed by atoms with Crippen LogP contribution in [-0.2, 0) is 4.74 Å². The minimum atomic E-state index is -4.14. The van der Waals surface area contributed by atoms with Gasteiger partial charge in [-0.15, -0.1) is 0 Å². The zero-order valence-electron chi connectivity index (χ0n) is 18.6. The highest BCUT2D eigenvalue weighted by molar-refractivity contribution is 5.51. The molecule has 182 valence electrons. The van der Waals surface area contributed by atoms with Gasteiger partial charge in [-0.2, -0.15) is 17.6 Å². The van der Waals surface area contributed by atoms with E-state index >= 15 is 4.39 Å². The van der Waals surface area contributed by atoms with Gasteiger partial charge in [0.1, 0.15) is 11.9 Å². The van der Waals surface area contributed by atoms with Gasteiger partial charge in [0, 0.05) is 33.3 Å². The van der Waals surface area contributed by atoms with Crippen LogP contribution in [-0.4, -0.2) is 72.8 Å². The first-order valence-corrected chi connectivity index (χ1v) is 11.2. The molecular formula is C21H33F4N5O2. The summed E-state index contributed by atoms with van der Waals surface area (Å²) in [4.78, 5) is 9.83. The molecule has 1 saturated carbocycles. The number of nitrogens with one attached hydrogen (secondary N) is 2. The van der Waals surface area contributed by atoms with Gasteiger partial charge in [-0.25, -0.2) is 9.97 Å². The monoisotopic (exact) mass is 463 g/mol. The summed E-state index contributed by atoms with van der Waals surface area (Å²) in [5.74, 6) is -1.72. The molecule has 0 unspecified atom stereocenters. The molecule has 11 heteroatoms. The SMILES string of the molecule is CCN(C[C@H]1CC[C@H](C(F)(F)F)CC1)c1ncnc(NC[C@@]2(O)CCNC[C@@H]2OC)c1F. The molecule has 1 aliphatic heterocycles. The van der Waals surface area contributed by atoms with Crippen LogP contribution in [0.3, 0.4) is 0 Å². The van der Waals surface area contributed by atoms with Gasteiger partial charge in [0.05, 0.1) is 12.0 Å². The molecule has 1 aromatic rings. The number of aromatic nitrogens is 2. The summed E-state index contributed by atoms with van der Waals surface area (Å²) in [6, 6.07) is 0. The fourth-order valence-electron chi connectivity index (χ4n) is 4.68. The number of hydrogen-bond donors (Lipinski definition) is 3. The second-order valence-corrected chi connectivity index (χ2v) is 8.79. The molecule has 2 aliphatic rings. The van der Waals surface area contributed by atoms with E-state index in [0.29, 0.717) is 45.4 Å². The lowest BCUT2D eigenvalue weighted by Crippen LogP contribution is -2.58. The van der Waals surface area contributed by atoms with Gasteiger partial charge in [-0.3, -0.25) is 0 Å². The quantitative estimate of drug-likeness (QED) is 0.512. The fourth-order valence-corrected chi connectivity index (χ4v) is 4.68. The van der Waals surface area contributed by atoms with E-state index in [-0.39, 0.29) is 36.9 Å². The average Bonchev–Trinajstić information content (AvgIpc) is 2.77. The Hall–Kier alpha value is -1.72. The van der Waals surface area contributed by atoms with Crippen molar-refractivity contribution in [2.75, 3.05) is 50.1 Å². The Morgan fingerprint density at radius 3 is 2.62 bits per heavy atom. The van der Waals surface area contributed by atoms with Crippen molar-refractivity contribution in [3.05, 3.63) is 12.1 Å². The van der Waals surface area contributed by atoms with Gasteiger partial charge in [-0.05, 0) is 51.5 Å². The summed E-state index contributed by atoms with van der Waals surface area (Å²) in [6.45, 7) is 3.94. The lowest BCUT2D eigenvalue weighted by atomic mass is 9.81. The molecule has 0 bridgehead atoms. The number of ether oxygens (including phenoxy) is 1. The molecule has 0 radical (unpaired) electrons. The van der Waals surface area contributed by atoms with E-state index in [0.717, 1.165) is 0 Å². The first-order valence-electron chi connectivity index (χ1n) is 11.2. The highest BCUT2D eigenvalue weighted by atomic mass is 19.4. The molecule has 1 aliphatic carbocycles. The fraction of sp³-hybridized carbons (Fsp3) is 0.810. The highest BCUT2D eigenvalue weighted by Crippen LogP contribution is 2.40. The molecule has 3 N–H and O–H groups in total. The van der Waals surface area contributed by atoms with E-state index in [1.54, 1.807) is 4.90 Å². The van der Waals surface area contributed by atoms with E-state index in [1.807, 2.05) is 6.92 Å². The van der Waals surface area contributed by atoms with Crippen molar-refractivity contribution in [2.24, 2.45) is 11.8 Å². The molecule has 0 spiro atoms. The van der Waals surface area contributed by atoms with Crippen LogP contribution < -0.4 is 15.5 Å². The van der Waals surface area contributed by atoms with Gasteiger partial charge in [0.25, 0.3) is 0 Å². The number of hydrogen-bond acceptors (Lipinski definition) is 7. The lowest BCUT2D eigenvalue weighted by molar-refractivity contribution is -0.183. The van der Waals surface area contributed by atoms with E-state index < -0.39 is 29.6 Å². The number of anilines is 2. The van der Waals surface area contributed by atoms with E-state index in [2.05, 4.69) is 20.6 Å². The average molecular weight is 464 g/mol.